The lowest BCUT2D eigenvalue weighted by Crippen LogP contribution is -2.26. The summed E-state index contributed by atoms with van der Waals surface area (Å²) in [5, 5.41) is 5.17. The van der Waals surface area contributed by atoms with Crippen molar-refractivity contribution in [3.05, 3.63) is 75.3 Å². The molecule has 0 saturated heterocycles. The van der Waals surface area contributed by atoms with Gasteiger partial charge in [-0.2, -0.15) is 0 Å². The van der Waals surface area contributed by atoms with E-state index in [9.17, 15) is 9.59 Å². The number of amides is 1. The van der Waals surface area contributed by atoms with E-state index in [2.05, 4.69) is 16.4 Å². The third-order valence-corrected chi connectivity index (χ3v) is 6.12. The zero-order valence-electron chi connectivity index (χ0n) is 16.0. The van der Waals surface area contributed by atoms with Crippen LogP contribution < -0.4 is 10.9 Å². The van der Waals surface area contributed by atoms with Crippen LogP contribution in [0.4, 0.5) is 0 Å². The smallest absolute Gasteiger partial charge is 0.276 e. The molecular weight excluding hydrogens is 406 g/mol. The highest BCUT2D eigenvalue weighted by atomic mass is 32.2. The van der Waals surface area contributed by atoms with Gasteiger partial charge in [0.25, 0.3) is 5.56 Å². The first-order valence-electron chi connectivity index (χ1n) is 9.02. The Balaban J connectivity index is 1.64. The maximum absolute atomic E-state index is 13.2. The van der Waals surface area contributed by atoms with Crippen LogP contribution in [0.1, 0.15) is 16.9 Å². The number of rotatable bonds is 6. The molecule has 3 aromatic heterocycles. The number of furan rings is 1. The molecule has 3 heterocycles. The Morgan fingerprint density at radius 3 is 2.76 bits per heavy atom. The summed E-state index contributed by atoms with van der Waals surface area (Å²) in [6.07, 6.45) is 1.57. The average molecular weight is 426 g/mol. The average Bonchev–Trinajstić information content (AvgIpc) is 3.35. The fourth-order valence-electron chi connectivity index (χ4n) is 3.08. The van der Waals surface area contributed by atoms with E-state index in [-0.39, 0.29) is 17.2 Å². The Morgan fingerprint density at radius 1 is 1.24 bits per heavy atom. The molecule has 1 aromatic carbocycles. The molecule has 0 aliphatic rings. The second kappa shape index (κ2) is 8.26. The molecule has 29 heavy (non-hydrogen) atoms. The van der Waals surface area contributed by atoms with E-state index in [0.717, 1.165) is 16.8 Å². The first kappa shape index (κ1) is 19.5. The van der Waals surface area contributed by atoms with Crippen LogP contribution in [0, 0.1) is 13.8 Å². The standard InChI is InChI=1S/C21H19N3O3S2/c1-13-8-14(2)10-15(9-13)24-20(26)19-17(5-7-28-19)23-21(24)29-12-18(25)22-11-16-4-3-6-27-16/h3-10H,11-12H2,1-2H3,(H,22,25). The number of nitrogens with one attached hydrogen (secondary N) is 1. The van der Waals surface area contributed by atoms with Crippen LogP contribution in [0.2, 0.25) is 0 Å². The maximum atomic E-state index is 13.2. The summed E-state index contributed by atoms with van der Waals surface area (Å²) in [5.41, 5.74) is 3.41. The summed E-state index contributed by atoms with van der Waals surface area (Å²) in [7, 11) is 0. The number of fused-ring (bicyclic) bond motifs is 1. The zero-order valence-corrected chi connectivity index (χ0v) is 17.6. The second-order valence-corrected chi connectivity index (χ2v) is 8.52. The first-order valence-corrected chi connectivity index (χ1v) is 10.9. The number of carbonyl (C=O) groups excluding carboxylic acids is 1. The predicted molar refractivity (Wildman–Crippen MR) is 116 cm³/mol. The minimum atomic E-state index is -0.155. The molecule has 4 rings (SSSR count). The molecule has 148 valence electrons. The lowest BCUT2D eigenvalue weighted by molar-refractivity contribution is -0.118. The SMILES string of the molecule is Cc1cc(C)cc(-n2c(SCC(=O)NCc3ccco3)nc3ccsc3c2=O)c1. The fourth-order valence-corrected chi connectivity index (χ4v) is 4.68. The van der Waals surface area contributed by atoms with Gasteiger partial charge in [-0.05, 0) is 60.7 Å². The van der Waals surface area contributed by atoms with Gasteiger partial charge in [0.15, 0.2) is 5.16 Å². The number of carbonyl (C=O) groups is 1. The van der Waals surface area contributed by atoms with Crippen molar-refractivity contribution in [2.24, 2.45) is 0 Å². The number of nitrogens with zero attached hydrogens (tertiary/aromatic N) is 2. The third-order valence-electron chi connectivity index (χ3n) is 4.29. The molecule has 1 amide bonds. The van der Waals surface area contributed by atoms with Crippen LogP contribution in [-0.2, 0) is 11.3 Å². The Labute approximate surface area is 175 Å². The molecule has 1 N–H and O–H groups in total. The molecule has 0 aliphatic heterocycles. The molecule has 0 atom stereocenters. The van der Waals surface area contributed by atoms with Gasteiger partial charge in [0.1, 0.15) is 10.5 Å². The van der Waals surface area contributed by atoms with E-state index in [1.807, 2.05) is 37.4 Å². The highest BCUT2D eigenvalue weighted by molar-refractivity contribution is 7.99. The quantitative estimate of drug-likeness (QED) is 0.372. The zero-order chi connectivity index (χ0) is 20.4. The molecular formula is C21H19N3O3S2. The predicted octanol–water partition coefficient (Wildman–Crippen LogP) is 4.07. The Morgan fingerprint density at radius 2 is 2.03 bits per heavy atom. The van der Waals surface area contributed by atoms with Crippen molar-refractivity contribution in [2.45, 2.75) is 25.5 Å². The molecule has 8 heteroatoms. The van der Waals surface area contributed by atoms with Crippen LogP contribution in [0.5, 0.6) is 0 Å². The molecule has 0 aliphatic carbocycles. The number of benzene rings is 1. The second-order valence-electron chi connectivity index (χ2n) is 6.66. The molecule has 0 unspecified atom stereocenters. The molecule has 6 nitrogen and oxygen atoms in total. The van der Waals surface area contributed by atoms with Gasteiger partial charge in [-0.15, -0.1) is 11.3 Å². The van der Waals surface area contributed by atoms with Gasteiger partial charge in [0.05, 0.1) is 29.8 Å². The largest absolute Gasteiger partial charge is 0.467 e. The van der Waals surface area contributed by atoms with Crippen molar-refractivity contribution < 1.29 is 9.21 Å². The first-order chi connectivity index (χ1) is 14.0. The lowest BCUT2D eigenvalue weighted by Gasteiger charge is -2.13. The molecule has 0 radical (unpaired) electrons. The van der Waals surface area contributed by atoms with Crippen LogP contribution >= 0.6 is 23.1 Å². The van der Waals surface area contributed by atoms with Crippen molar-refractivity contribution in [3.63, 3.8) is 0 Å². The lowest BCUT2D eigenvalue weighted by atomic mass is 10.1. The molecule has 0 saturated carbocycles. The Bertz CT molecular complexity index is 1210. The molecule has 0 fully saturated rings. The van der Waals surface area contributed by atoms with Crippen LogP contribution in [0.3, 0.4) is 0 Å². The minimum Gasteiger partial charge on any atom is -0.467 e. The van der Waals surface area contributed by atoms with Gasteiger partial charge in [0, 0.05) is 0 Å². The molecule has 4 aromatic rings. The minimum absolute atomic E-state index is 0.117. The summed E-state index contributed by atoms with van der Waals surface area (Å²) >= 11 is 2.62. The summed E-state index contributed by atoms with van der Waals surface area (Å²) in [6.45, 7) is 4.31. The number of aromatic nitrogens is 2. The van der Waals surface area contributed by atoms with Gasteiger partial charge in [-0.3, -0.25) is 14.2 Å². The van der Waals surface area contributed by atoms with E-state index in [4.69, 9.17) is 4.42 Å². The summed E-state index contributed by atoms with van der Waals surface area (Å²) < 4.78 is 7.43. The number of thiophene rings is 1. The van der Waals surface area contributed by atoms with E-state index in [1.165, 1.54) is 23.1 Å². The van der Waals surface area contributed by atoms with Crippen molar-refractivity contribution in [1.82, 2.24) is 14.9 Å². The van der Waals surface area contributed by atoms with E-state index >= 15 is 0 Å². The highest BCUT2D eigenvalue weighted by Crippen LogP contribution is 2.24. The van der Waals surface area contributed by atoms with Crippen LogP contribution in [0.15, 0.2) is 62.4 Å². The van der Waals surface area contributed by atoms with Crippen molar-refractivity contribution in [2.75, 3.05) is 5.75 Å². The number of aryl methyl sites for hydroxylation is 2. The van der Waals surface area contributed by atoms with E-state index in [0.29, 0.717) is 27.7 Å². The summed E-state index contributed by atoms with van der Waals surface area (Å²) in [6, 6.07) is 11.4. The van der Waals surface area contributed by atoms with Gasteiger partial charge < -0.3 is 9.73 Å². The number of thioether (sulfide) groups is 1. The van der Waals surface area contributed by atoms with Crippen molar-refractivity contribution in [1.29, 1.82) is 0 Å². The van der Waals surface area contributed by atoms with E-state index in [1.54, 1.807) is 23.0 Å². The van der Waals surface area contributed by atoms with Crippen LogP contribution in [-0.4, -0.2) is 21.2 Å². The number of hydrogen-bond donors (Lipinski definition) is 1. The van der Waals surface area contributed by atoms with E-state index < -0.39 is 0 Å². The monoisotopic (exact) mass is 425 g/mol. The van der Waals surface area contributed by atoms with Gasteiger partial charge in [-0.1, -0.05) is 17.8 Å². The van der Waals surface area contributed by atoms with Crippen molar-refractivity contribution >= 4 is 39.2 Å². The van der Waals surface area contributed by atoms with Gasteiger partial charge in [-0.25, -0.2) is 4.98 Å². The Kier molecular flexibility index (Phi) is 5.55. The van der Waals surface area contributed by atoms with Gasteiger partial charge in [0.2, 0.25) is 5.91 Å². The maximum Gasteiger partial charge on any atom is 0.276 e. The summed E-state index contributed by atoms with van der Waals surface area (Å²) in [4.78, 5) is 30.1. The number of hydrogen-bond acceptors (Lipinski definition) is 6. The molecule has 0 spiro atoms. The van der Waals surface area contributed by atoms with Crippen LogP contribution in [0.25, 0.3) is 15.9 Å². The summed E-state index contributed by atoms with van der Waals surface area (Å²) in [5.74, 6) is 0.680. The topological polar surface area (TPSA) is 77.1 Å². The Hall–Kier alpha value is -2.84. The van der Waals surface area contributed by atoms with Gasteiger partial charge >= 0.3 is 0 Å². The highest BCUT2D eigenvalue weighted by Gasteiger charge is 2.16. The third kappa shape index (κ3) is 4.28. The molecule has 0 bridgehead atoms. The fraction of sp³-hybridized carbons (Fsp3) is 0.190. The van der Waals surface area contributed by atoms with Crippen molar-refractivity contribution in [3.8, 4) is 5.69 Å². The normalized spacial score (nSPS) is 11.1.